The van der Waals surface area contributed by atoms with E-state index in [1.54, 1.807) is 6.07 Å². The van der Waals surface area contributed by atoms with Crippen molar-refractivity contribution in [2.75, 3.05) is 13.0 Å². The Morgan fingerprint density at radius 3 is 2.81 bits per heavy atom. The second-order valence-corrected chi connectivity index (χ2v) is 12.7. The fraction of sp³-hybridized carbons (Fsp3) is 0.417. The van der Waals surface area contributed by atoms with Gasteiger partial charge in [-0.2, -0.15) is 9.04 Å². The number of aromatic nitrogens is 1. The average molecular weight is 568 g/mol. The van der Waals surface area contributed by atoms with Crippen LogP contribution in [0.5, 0.6) is 0 Å². The number of nitrogens with one attached hydrogen (secondary N) is 2. The van der Waals surface area contributed by atoms with Gasteiger partial charge in [-0.3, -0.25) is 14.4 Å². The summed E-state index contributed by atoms with van der Waals surface area (Å²) in [7, 11) is -4.78. The van der Waals surface area contributed by atoms with Crippen molar-refractivity contribution in [1.29, 1.82) is 0 Å². The first-order valence-electron chi connectivity index (χ1n) is 13.0. The van der Waals surface area contributed by atoms with Crippen LogP contribution in [0.1, 0.15) is 46.9 Å². The summed E-state index contributed by atoms with van der Waals surface area (Å²) >= 11 is 2.74. The summed E-state index contributed by atoms with van der Waals surface area (Å²) < 4.78 is 54.1. The van der Waals surface area contributed by atoms with Crippen LogP contribution >= 0.6 is 22.7 Å². The van der Waals surface area contributed by atoms with Crippen molar-refractivity contribution >= 4 is 59.7 Å². The van der Waals surface area contributed by atoms with Gasteiger partial charge >= 0.3 is 15.0 Å². The Morgan fingerprint density at radius 1 is 1.32 bits per heavy atom. The number of nitrogens with zero attached hydrogens (tertiary/aromatic N) is 2. The standard InChI is InChI=1S/C24H28N4O6S3/c1-15(2)12-17(26-24(31)21-13-20-19(36-21)8-11-35-20)23(30)25-16-6-5-9-27(14-18(16)29)37(33,34)22-7-3-4-10-28(22)32/h3-4,7-8,10-11,13,15-17H,5-6,9,12,14H2,1-2H3,(H,25,30)(H,26,31)/t16?,17-/m0/s1/i14D2,16D. The van der Waals surface area contributed by atoms with Gasteiger partial charge < -0.3 is 15.8 Å². The number of fused-ring (bicyclic) bond motifs is 1. The predicted octanol–water partition coefficient (Wildman–Crippen LogP) is 2.28. The van der Waals surface area contributed by atoms with Gasteiger partial charge in [-0.1, -0.05) is 13.8 Å². The lowest BCUT2D eigenvalue weighted by Gasteiger charge is -2.23. The van der Waals surface area contributed by atoms with E-state index in [0.29, 0.717) is 4.88 Å². The molecule has 2 atom stereocenters. The summed E-state index contributed by atoms with van der Waals surface area (Å²) in [6.45, 7) is -0.108. The molecule has 0 bridgehead atoms. The van der Waals surface area contributed by atoms with Crippen LogP contribution in [0.3, 0.4) is 0 Å². The number of hydrogen-bond acceptors (Lipinski definition) is 8. The fourth-order valence-corrected chi connectivity index (χ4v) is 7.17. The minimum Gasteiger partial charge on any atom is -0.618 e. The molecule has 1 fully saturated rings. The molecular formula is C24H28N4O6S3. The van der Waals surface area contributed by atoms with Crippen LogP contribution in [0.25, 0.3) is 9.40 Å². The summed E-state index contributed by atoms with van der Waals surface area (Å²) in [5, 5.41) is 18.2. The normalized spacial score (nSPS) is 22.6. The Labute approximate surface area is 227 Å². The number of Topliss-reactive ketones (excluding diaryl/α,β-unsaturated/α-hetero) is 1. The summed E-state index contributed by atoms with van der Waals surface area (Å²) in [4.78, 5) is 40.1. The van der Waals surface area contributed by atoms with E-state index in [0.717, 1.165) is 21.7 Å². The quantitative estimate of drug-likeness (QED) is 0.316. The fourth-order valence-electron chi connectivity index (χ4n) is 3.82. The van der Waals surface area contributed by atoms with Crippen molar-refractivity contribution in [2.24, 2.45) is 5.92 Å². The van der Waals surface area contributed by atoms with Crippen LogP contribution < -0.4 is 15.4 Å². The van der Waals surface area contributed by atoms with Gasteiger partial charge in [0, 0.05) is 28.1 Å². The molecule has 4 heterocycles. The highest BCUT2D eigenvalue weighted by molar-refractivity contribution is 7.89. The van der Waals surface area contributed by atoms with Gasteiger partial charge in [-0.05, 0) is 48.8 Å². The molecule has 1 aliphatic rings. The average Bonchev–Trinajstić information content (AvgIpc) is 3.46. The molecule has 0 radical (unpaired) electrons. The Morgan fingerprint density at radius 2 is 2.11 bits per heavy atom. The van der Waals surface area contributed by atoms with Crippen molar-refractivity contribution in [1.82, 2.24) is 14.9 Å². The maximum atomic E-state index is 13.4. The van der Waals surface area contributed by atoms with Gasteiger partial charge in [0.2, 0.25) is 5.91 Å². The largest absolute Gasteiger partial charge is 0.618 e. The summed E-state index contributed by atoms with van der Waals surface area (Å²) in [5.74, 6) is -2.93. The minimum atomic E-state index is -4.78. The number of carbonyl (C=O) groups excluding carboxylic acids is 3. The second kappa shape index (κ2) is 11.3. The molecule has 10 nitrogen and oxygen atoms in total. The van der Waals surface area contributed by atoms with Gasteiger partial charge in [0.25, 0.3) is 5.91 Å². The molecule has 3 aromatic heterocycles. The Bertz CT molecular complexity index is 1530. The molecule has 37 heavy (non-hydrogen) atoms. The molecule has 2 amide bonds. The van der Waals surface area contributed by atoms with E-state index >= 15 is 0 Å². The SMILES string of the molecule is [2H]C1(NC(=O)[C@H](CC(C)C)NC(=O)c2cc3sccc3s2)CCCN(S(=O)(=O)c2cccc[n+]2[O-])C([2H])([2H])C1=O. The first-order chi connectivity index (χ1) is 18.7. The van der Waals surface area contributed by atoms with Crippen molar-refractivity contribution in [3.8, 4) is 0 Å². The third kappa shape index (κ3) is 6.17. The first kappa shape index (κ1) is 23.3. The van der Waals surface area contributed by atoms with Crippen LogP contribution in [0.4, 0.5) is 0 Å². The zero-order valence-corrected chi connectivity index (χ0v) is 22.5. The van der Waals surface area contributed by atoms with Crippen LogP contribution in [-0.2, 0) is 19.6 Å². The lowest BCUT2D eigenvalue weighted by atomic mass is 10.0. The Kier molecular flexibility index (Phi) is 7.07. The molecule has 1 aliphatic heterocycles. The lowest BCUT2D eigenvalue weighted by Crippen LogP contribution is -2.52. The number of rotatable bonds is 8. The number of thiophene rings is 2. The molecule has 4 rings (SSSR count). The van der Waals surface area contributed by atoms with Crippen molar-refractivity contribution in [3.05, 3.63) is 52.0 Å². The van der Waals surface area contributed by atoms with Gasteiger partial charge in [0.15, 0.2) is 12.0 Å². The number of hydrogen-bond donors (Lipinski definition) is 2. The number of pyridine rings is 1. The number of sulfonamides is 1. The van der Waals surface area contributed by atoms with Crippen LogP contribution in [0.15, 0.2) is 46.9 Å². The van der Waals surface area contributed by atoms with Crippen LogP contribution in [0.2, 0.25) is 0 Å². The smallest absolute Gasteiger partial charge is 0.323 e. The third-order valence-corrected chi connectivity index (χ3v) is 9.39. The molecule has 1 saturated heterocycles. The van der Waals surface area contributed by atoms with E-state index in [1.165, 1.54) is 34.8 Å². The maximum Gasteiger partial charge on any atom is 0.323 e. The Hall–Kier alpha value is -2.87. The molecule has 0 saturated carbocycles. The minimum absolute atomic E-state index is 0.0485. The monoisotopic (exact) mass is 567 g/mol. The molecule has 198 valence electrons. The number of ketones is 1. The van der Waals surface area contributed by atoms with E-state index in [4.69, 9.17) is 4.11 Å². The summed E-state index contributed by atoms with van der Waals surface area (Å²) in [6, 6.07) is 3.50. The van der Waals surface area contributed by atoms with Crippen molar-refractivity contribution in [2.45, 2.75) is 50.2 Å². The highest BCUT2D eigenvalue weighted by Gasteiger charge is 2.37. The molecule has 1 unspecified atom stereocenters. The molecule has 0 aliphatic carbocycles. The van der Waals surface area contributed by atoms with Crippen LogP contribution in [0, 0.1) is 11.1 Å². The zero-order chi connectivity index (χ0) is 29.5. The van der Waals surface area contributed by atoms with E-state index in [2.05, 4.69) is 10.6 Å². The van der Waals surface area contributed by atoms with Crippen LogP contribution in [-0.4, -0.2) is 55.4 Å². The van der Waals surface area contributed by atoms with Gasteiger partial charge in [-0.15, -0.1) is 22.7 Å². The predicted molar refractivity (Wildman–Crippen MR) is 141 cm³/mol. The van der Waals surface area contributed by atoms with Crippen molar-refractivity contribution < 1.29 is 31.6 Å². The van der Waals surface area contributed by atoms with E-state index in [9.17, 15) is 28.0 Å². The van der Waals surface area contributed by atoms with E-state index in [-0.39, 0.29) is 27.8 Å². The number of amides is 2. The second-order valence-electron chi connectivity index (χ2n) is 8.87. The van der Waals surface area contributed by atoms with Crippen molar-refractivity contribution in [3.63, 3.8) is 0 Å². The van der Waals surface area contributed by atoms with Gasteiger partial charge in [0.05, 0.1) is 21.5 Å². The lowest BCUT2D eigenvalue weighted by molar-refractivity contribution is -0.646. The van der Waals surface area contributed by atoms with E-state index in [1.807, 2.05) is 25.3 Å². The highest BCUT2D eigenvalue weighted by atomic mass is 32.2. The summed E-state index contributed by atoms with van der Waals surface area (Å²) in [6.07, 6.45) is 0.554. The molecule has 0 spiro atoms. The molecular weight excluding hydrogens is 536 g/mol. The summed E-state index contributed by atoms with van der Waals surface area (Å²) in [5.41, 5.74) is 0. The molecule has 3 aromatic rings. The first-order valence-corrected chi connectivity index (χ1v) is 14.7. The maximum absolute atomic E-state index is 13.4. The third-order valence-electron chi connectivity index (χ3n) is 5.60. The molecule has 13 heteroatoms. The van der Waals surface area contributed by atoms with Gasteiger partial charge in [-0.25, -0.2) is 8.42 Å². The Balaban J connectivity index is 1.57. The molecule has 2 N–H and O–H groups in total. The van der Waals surface area contributed by atoms with Gasteiger partial charge in [0.1, 0.15) is 6.04 Å². The highest BCUT2D eigenvalue weighted by Crippen LogP contribution is 2.30. The topological polar surface area (TPSA) is 140 Å². The van der Waals surface area contributed by atoms with E-state index < -0.39 is 64.2 Å². The zero-order valence-electron chi connectivity index (χ0n) is 23.1. The number of carbonyl (C=O) groups is 3. The molecule has 0 aromatic carbocycles.